The van der Waals surface area contributed by atoms with Crippen LogP contribution in [0.2, 0.25) is 0 Å². The van der Waals surface area contributed by atoms with Crippen molar-refractivity contribution in [1.82, 2.24) is 5.06 Å². The van der Waals surface area contributed by atoms with Crippen molar-refractivity contribution in [1.29, 1.82) is 0 Å². The summed E-state index contributed by atoms with van der Waals surface area (Å²) in [5.74, 6) is -0.153. The van der Waals surface area contributed by atoms with Crippen LogP contribution >= 0.6 is 7.37 Å². The second-order valence-corrected chi connectivity index (χ2v) is 5.58. The SMILES string of the molecule is CP(=O)(O)COCN1OCCCC1=O. The molecule has 1 unspecified atom stereocenters. The van der Waals surface area contributed by atoms with Crippen molar-refractivity contribution in [2.24, 2.45) is 0 Å². The largest absolute Gasteiger partial charge is 0.349 e. The van der Waals surface area contributed by atoms with Gasteiger partial charge in [-0.2, -0.15) is 5.06 Å². The second kappa shape index (κ2) is 4.89. The highest BCUT2D eigenvalue weighted by molar-refractivity contribution is 7.56. The molecule has 1 atom stereocenters. The average Bonchev–Trinajstić information content (AvgIpc) is 2.06. The van der Waals surface area contributed by atoms with Crippen molar-refractivity contribution in [3.8, 4) is 0 Å². The molecular weight excluding hydrogens is 209 g/mol. The molecule has 6 nitrogen and oxygen atoms in total. The van der Waals surface area contributed by atoms with Crippen LogP contribution in [0.1, 0.15) is 12.8 Å². The van der Waals surface area contributed by atoms with Crippen LogP contribution in [0, 0.1) is 0 Å². The number of hydrogen-bond donors (Lipinski definition) is 1. The third-order valence-corrected chi connectivity index (χ3v) is 2.26. The van der Waals surface area contributed by atoms with Crippen LogP contribution in [0.4, 0.5) is 0 Å². The van der Waals surface area contributed by atoms with Crippen LogP contribution < -0.4 is 0 Å². The Morgan fingerprint density at radius 3 is 3.00 bits per heavy atom. The summed E-state index contributed by atoms with van der Waals surface area (Å²) in [6.45, 7) is 1.60. The number of carbonyl (C=O) groups excluding carboxylic acids is 1. The minimum atomic E-state index is -3.17. The fraction of sp³-hybridized carbons (Fsp3) is 0.857. The second-order valence-electron chi connectivity index (χ2n) is 3.22. The summed E-state index contributed by atoms with van der Waals surface area (Å²) < 4.78 is 15.7. The Bertz CT molecular complexity index is 250. The van der Waals surface area contributed by atoms with E-state index < -0.39 is 7.37 Å². The van der Waals surface area contributed by atoms with Crippen molar-refractivity contribution < 1.29 is 23.8 Å². The Hall–Kier alpha value is -0.420. The summed E-state index contributed by atoms with van der Waals surface area (Å²) in [6.07, 6.45) is 0.883. The van der Waals surface area contributed by atoms with E-state index in [2.05, 4.69) is 0 Å². The van der Waals surface area contributed by atoms with E-state index >= 15 is 0 Å². The van der Waals surface area contributed by atoms with Gasteiger partial charge in [-0.25, -0.2) is 0 Å². The van der Waals surface area contributed by atoms with Gasteiger partial charge in [0.15, 0.2) is 0 Å². The molecule has 0 aromatic heterocycles. The first kappa shape index (κ1) is 11.7. The quantitative estimate of drug-likeness (QED) is 0.697. The zero-order valence-corrected chi connectivity index (χ0v) is 8.90. The molecular formula is C7H14NO5P. The molecule has 0 aromatic rings. The third kappa shape index (κ3) is 4.19. The highest BCUT2D eigenvalue weighted by Gasteiger charge is 2.20. The summed E-state index contributed by atoms with van der Waals surface area (Å²) in [7, 11) is -3.17. The lowest BCUT2D eigenvalue weighted by Crippen LogP contribution is -2.37. The zero-order chi connectivity index (χ0) is 10.6. The van der Waals surface area contributed by atoms with Crippen LogP contribution in [-0.2, 0) is 18.9 Å². The van der Waals surface area contributed by atoms with Crippen LogP contribution in [0.5, 0.6) is 0 Å². The molecule has 14 heavy (non-hydrogen) atoms. The minimum Gasteiger partial charge on any atom is -0.349 e. The van der Waals surface area contributed by atoms with Gasteiger partial charge in [-0.1, -0.05) is 0 Å². The molecule has 0 bridgehead atoms. The molecule has 1 heterocycles. The van der Waals surface area contributed by atoms with E-state index in [4.69, 9.17) is 14.5 Å². The maximum atomic E-state index is 11.1. The first-order chi connectivity index (χ1) is 6.49. The number of rotatable bonds is 4. The molecule has 1 amide bonds. The highest BCUT2D eigenvalue weighted by atomic mass is 31.2. The zero-order valence-electron chi connectivity index (χ0n) is 8.01. The van der Waals surface area contributed by atoms with E-state index in [0.717, 1.165) is 5.06 Å². The summed E-state index contributed by atoms with van der Waals surface area (Å²) in [5.41, 5.74) is 0. The van der Waals surface area contributed by atoms with E-state index in [0.29, 0.717) is 19.4 Å². The molecule has 1 rings (SSSR count). The first-order valence-electron chi connectivity index (χ1n) is 4.29. The molecule has 0 radical (unpaired) electrons. The number of hydroxylamine groups is 2. The Balaban J connectivity index is 2.23. The molecule has 1 fully saturated rings. The summed E-state index contributed by atoms with van der Waals surface area (Å²) in [5, 5.41) is 1.08. The number of hydrogen-bond acceptors (Lipinski definition) is 4. The molecule has 1 saturated heterocycles. The maximum absolute atomic E-state index is 11.1. The number of ether oxygens (including phenoxy) is 1. The van der Waals surface area contributed by atoms with E-state index in [9.17, 15) is 9.36 Å². The minimum absolute atomic E-state index is 0.0861. The third-order valence-electron chi connectivity index (χ3n) is 1.60. The van der Waals surface area contributed by atoms with Crippen molar-refractivity contribution in [2.45, 2.75) is 12.8 Å². The molecule has 1 aliphatic rings. The lowest BCUT2D eigenvalue weighted by Gasteiger charge is -2.25. The molecule has 7 heteroatoms. The number of carbonyl (C=O) groups is 1. The van der Waals surface area contributed by atoms with Crippen LogP contribution in [0.15, 0.2) is 0 Å². The first-order valence-corrected chi connectivity index (χ1v) is 6.58. The van der Waals surface area contributed by atoms with Gasteiger partial charge < -0.3 is 9.63 Å². The fourth-order valence-electron chi connectivity index (χ4n) is 0.997. The monoisotopic (exact) mass is 223 g/mol. The Morgan fingerprint density at radius 1 is 1.71 bits per heavy atom. The van der Waals surface area contributed by atoms with Gasteiger partial charge in [0.25, 0.3) is 0 Å². The van der Waals surface area contributed by atoms with Crippen LogP contribution in [0.3, 0.4) is 0 Å². The predicted molar refractivity (Wildman–Crippen MR) is 48.6 cm³/mol. The van der Waals surface area contributed by atoms with Gasteiger partial charge in [0, 0.05) is 13.1 Å². The summed E-state index contributed by atoms with van der Waals surface area (Å²) in [4.78, 5) is 25.0. The van der Waals surface area contributed by atoms with Crippen molar-refractivity contribution >= 4 is 13.3 Å². The lowest BCUT2D eigenvalue weighted by atomic mass is 10.3. The predicted octanol–water partition coefficient (Wildman–Crippen LogP) is 0.372. The lowest BCUT2D eigenvalue weighted by molar-refractivity contribution is -0.221. The van der Waals surface area contributed by atoms with Gasteiger partial charge in [-0.3, -0.25) is 14.2 Å². The number of nitrogens with zero attached hydrogens (tertiary/aromatic N) is 1. The molecule has 1 N–H and O–H groups in total. The van der Waals surface area contributed by atoms with Crippen molar-refractivity contribution in [3.63, 3.8) is 0 Å². The highest BCUT2D eigenvalue weighted by Crippen LogP contribution is 2.34. The van der Waals surface area contributed by atoms with Gasteiger partial charge in [0.05, 0.1) is 6.61 Å². The van der Waals surface area contributed by atoms with E-state index in [-0.39, 0.29) is 19.0 Å². The fourth-order valence-corrected chi connectivity index (χ4v) is 1.42. The molecule has 82 valence electrons. The molecule has 0 spiro atoms. The normalized spacial score (nSPS) is 22.1. The number of amides is 1. The molecule has 0 aliphatic carbocycles. The summed E-state index contributed by atoms with van der Waals surface area (Å²) in [6, 6.07) is 0. The standard InChI is InChI=1S/C7H14NO5P/c1-14(10,11)6-12-5-8-7(9)3-2-4-13-8/h2-6H2,1H3,(H,10,11). The van der Waals surface area contributed by atoms with E-state index in [1.807, 2.05) is 0 Å². The smallest absolute Gasteiger partial charge is 0.248 e. The Kier molecular flexibility index (Phi) is 4.07. The summed E-state index contributed by atoms with van der Waals surface area (Å²) >= 11 is 0. The molecule has 1 aliphatic heterocycles. The van der Waals surface area contributed by atoms with E-state index in [1.54, 1.807) is 0 Å². The van der Waals surface area contributed by atoms with Gasteiger partial charge in [-0.15, -0.1) is 0 Å². The van der Waals surface area contributed by atoms with Crippen molar-refractivity contribution in [3.05, 3.63) is 0 Å². The maximum Gasteiger partial charge on any atom is 0.248 e. The molecule has 0 aromatic carbocycles. The van der Waals surface area contributed by atoms with Crippen LogP contribution in [-0.4, -0.2) is 42.2 Å². The van der Waals surface area contributed by atoms with Crippen molar-refractivity contribution in [2.75, 3.05) is 26.4 Å². The molecule has 0 saturated carbocycles. The van der Waals surface area contributed by atoms with E-state index in [1.165, 1.54) is 6.66 Å². The van der Waals surface area contributed by atoms with Gasteiger partial charge in [-0.05, 0) is 6.42 Å². The van der Waals surface area contributed by atoms with Gasteiger partial charge in [0.1, 0.15) is 13.1 Å². The topological polar surface area (TPSA) is 76.1 Å². The van der Waals surface area contributed by atoms with Gasteiger partial charge in [0.2, 0.25) is 13.3 Å². The average molecular weight is 223 g/mol. The Labute approximate surface area is 82.2 Å². The van der Waals surface area contributed by atoms with Crippen LogP contribution in [0.25, 0.3) is 0 Å². The Morgan fingerprint density at radius 2 is 2.43 bits per heavy atom. The van der Waals surface area contributed by atoms with Gasteiger partial charge >= 0.3 is 0 Å².